The van der Waals surface area contributed by atoms with E-state index in [1.54, 1.807) is 18.2 Å². The van der Waals surface area contributed by atoms with Gasteiger partial charge in [0, 0.05) is 31.0 Å². The van der Waals surface area contributed by atoms with Gasteiger partial charge >= 0.3 is 0 Å². The molecule has 314 valence electrons. The van der Waals surface area contributed by atoms with Gasteiger partial charge in [0.15, 0.2) is 5.82 Å². The topological polar surface area (TPSA) is 146 Å². The van der Waals surface area contributed by atoms with E-state index in [1.807, 2.05) is 20.8 Å². The number of aromatic nitrogens is 6. The summed E-state index contributed by atoms with van der Waals surface area (Å²) in [6, 6.07) is 8.88. The van der Waals surface area contributed by atoms with Gasteiger partial charge in [-0.3, -0.25) is 28.2 Å². The first kappa shape index (κ1) is 41.1. The maximum Gasteiger partial charge on any atom is 0.293 e. The zero-order valence-corrected chi connectivity index (χ0v) is 34.0. The standard InChI is InChI=1S/C40H35ClF6N8O4S/c1-17(2)18(3)20-6-7-23-27(13-20)49-38(55(39(23)57)29-9-8-26(41)32-34(29)53(4)51-37(32)52-60(5,58)59)28(12-19-10-21(42)14-22(43)11-19)48-30(56)16-54-35-31(33(50-54)36(44)45)24-15-25(24)40(35,46)47/h6-11,13-14,24-25,28,36H,12,15-16H2,1-5H3,(H,48,56)(H,51,52)/t24-,25+,28-/m0/s1. The number of fused-ring (bicyclic) bond motifs is 5. The van der Waals surface area contributed by atoms with Crippen LogP contribution in [0, 0.1) is 17.6 Å². The van der Waals surface area contributed by atoms with E-state index in [-0.39, 0.29) is 61.7 Å². The molecule has 60 heavy (non-hydrogen) atoms. The summed E-state index contributed by atoms with van der Waals surface area (Å²) in [5, 5.41) is 11.0. The second kappa shape index (κ2) is 14.5. The molecule has 0 radical (unpaired) electrons. The van der Waals surface area contributed by atoms with Gasteiger partial charge in [0.25, 0.3) is 17.9 Å². The Bertz CT molecular complexity index is 2990. The van der Waals surface area contributed by atoms with Crippen molar-refractivity contribution in [1.82, 2.24) is 34.4 Å². The van der Waals surface area contributed by atoms with Gasteiger partial charge in [0.1, 0.15) is 35.4 Å². The van der Waals surface area contributed by atoms with Crippen molar-refractivity contribution in [3.05, 3.63) is 115 Å². The number of anilines is 1. The van der Waals surface area contributed by atoms with Gasteiger partial charge in [-0.25, -0.2) is 31.0 Å². The number of carbonyl (C=O) groups excluding carboxylic acids is 1. The minimum atomic E-state index is -3.90. The monoisotopic (exact) mass is 872 g/mol. The lowest BCUT2D eigenvalue weighted by molar-refractivity contribution is -0.123. The van der Waals surface area contributed by atoms with Crippen molar-refractivity contribution < 1.29 is 39.6 Å². The normalized spacial score (nSPS) is 17.2. The Morgan fingerprint density at radius 1 is 1.03 bits per heavy atom. The smallest absolute Gasteiger partial charge is 0.293 e. The molecule has 12 nitrogen and oxygen atoms in total. The van der Waals surface area contributed by atoms with Crippen LogP contribution in [0.2, 0.25) is 5.02 Å². The molecule has 0 unspecified atom stereocenters. The van der Waals surface area contributed by atoms with Crippen molar-refractivity contribution in [1.29, 1.82) is 0 Å². The largest absolute Gasteiger partial charge is 0.344 e. The van der Waals surface area contributed by atoms with Gasteiger partial charge in [-0.2, -0.15) is 19.0 Å². The van der Waals surface area contributed by atoms with Crippen LogP contribution in [0.5, 0.6) is 0 Å². The highest BCUT2D eigenvalue weighted by Gasteiger charge is 2.67. The number of nitrogens with zero attached hydrogens (tertiary/aromatic N) is 6. The quantitative estimate of drug-likeness (QED) is 0.126. The Morgan fingerprint density at radius 2 is 1.73 bits per heavy atom. The van der Waals surface area contributed by atoms with Gasteiger partial charge in [-0.15, -0.1) is 0 Å². The Morgan fingerprint density at radius 3 is 2.38 bits per heavy atom. The second-order valence-corrected chi connectivity index (χ2v) is 17.5. The molecule has 1 saturated carbocycles. The van der Waals surface area contributed by atoms with Crippen LogP contribution < -0.4 is 15.6 Å². The van der Waals surface area contributed by atoms with Crippen molar-refractivity contribution in [2.75, 3.05) is 11.0 Å². The molecule has 3 aromatic heterocycles. The summed E-state index contributed by atoms with van der Waals surface area (Å²) in [6.07, 6.45) is -2.72. The molecule has 2 N–H and O–H groups in total. The molecule has 3 heterocycles. The number of sulfonamides is 1. The Balaban J connectivity index is 1.35. The Hall–Kier alpha value is -5.69. The van der Waals surface area contributed by atoms with E-state index < -0.39 is 87.7 Å². The van der Waals surface area contributed by atoms with Gasteiger partial charge < -0.3 is 5.32 Å². The number of halogens is 7. The molecule has 0 spiro atoms. The molecule has 2 aliphatic carbocycles. The van der Waals surface area contributed by atoms with E-state index in [1.165, 1.54) is 23.9 Å². The van der Waals surface area contributed by atoms with Crippen LogP contribution in [-0.4, -0.2) is 49.7 Å². The number of nitrogens with one attached hydrogen (secondary N) is 2. The third-order valence-electron chi connectivity index (χ3n) is 11.0. The molecule has 3 aromatic carbocycles. The minimum Gasteiger partial charge on any atom is -0.344 e. The highest BCUT2D eigenvalue weighted by molar-refractivity contribution is 7.92. The van der Waals surface area contributed by atoms with E-state index in [4.69, 9.17) is 16.6 Å². The van der Waals surface area contributed by atoms with Crippen LogP contribution in [0.25, 0.3) is 33.1 Å². The van der Waals surface area contributed by atoms with Crippen molar-refractivity contribution >= 4 is 60.7 Å². The number of carbonyl (C=O) groups is 1. The summed E-state index contributed by atoms with van der Waals surface area (Å²) in [5.41, 5.74) is 0.238. The minimum absolute atomic E-state index is 0.00430. The highest BCUT2D eigenvalue weighted by atomic mass is 35.5. The van der Waals surface area contributed by atoms with Gasteiger partial charge in [0.05, 0.1) is 44.8 Å². The number of benzene rings is 3. The maximum atomic E-state index is 15.5. The summed E-state index contributed by atoms with van der Waals surface area (Å²) < 4.78 is 119. The van der Waals surface area contributed by atoms with E-state index in [0.717, 1.165) is 34.1 Å². The van der Waals surface area contributed by atoms with Crippen molar-refractivity contribution in [2.24, 2.45) is 13.0 Å². The predicted molar refractivity (Wildman–Crippen MR) is 212 cm³/mol. The maximum absolute atomic E-state index is 15.5. The zero-order chi connectivity index (χ0) is 43.3. The zero-order valence-electron chi connectivity index (χ0n) is 32.4. The molecule has 6 aromatic rings. The molecular weight excluding hydrogens is 838 g/mol. The van der Waals surface area contributed by atoms with Crippen LogP contribution in [0.4, 0.5) is 32.2 Å². The average Bonchev–Trinajstić information content (AvgIpc) is 3.69. The number of alkyl halides is 4. The van der Waals surface area contributed by atoms with Gasteiger partial charge in [-0.1, -0.05) is 23.2 Å². The van der Waals surface area contributed by atoms with E-state index in [2.05, 4.69) is 20.2 Å². The number of amides is 1. The third-order valence-corrected chi connectivity index (χ3v) is 11.9. The molecule has 3 atom stereocenters. The first-order chi connectivity index (χ1) is 28.1. The fraction of sp³-hybridized carbons (Fsp3) is 0.325. The van der Waals surface area contributed by atoms with E-state index >= 15 is 8.78 Å². The molecule has 1 amide bonds. The Kier molecular flexibility index (Phi) is 9.92. The first-order valence-corrected chi connectivity index (χ1v) is 20.8. The lowest BCUT2D eigenvalue weighted by Crippen LogP contribution is -2.38. The van der Waals surface area contributed by atoms with Crippen LogP contribution in [-0.2, 0) is 40.8 Å². The lowest BCUT2D eigenvalue weighted by Gasteiger charge is -2.24. The lowest BCUT2D eigenvalue weighted by atomic mass is 10.0. The molecule has 1 fully saturated rings. The summed E-state index contributed by atoms with van der Waals surface area (Å²) in [6.45, 7) is 4.69. The van der Waals surface area contributed by atoms with E-state index in [9.17, 15) is 35.6 Å². The first-order valence-electron chi connectivity index (χ1n) is 18.5. The van der Waals surface area contributed by atoms with Crippen LogP contribution >= 0.6 is 11.6 Å². The summed E-state index contributed by atoms with van der Waals surface area (Å²) in [7, 11) is -2.43. The third kappa shape index (κ3) is 7.10. The van der Waals surface area contributed by atoms with Crippen molar-refractivity contribution in [3.63, 3.8) is 0 Å². The van der Waals surface area contributed by atoms with Gasteiger partial charge in [-0.05, 0) is 86.2 Å². The van der Waals surface area contributed by atoms with Crippen LogP contribution in [0.3, 0.4) is 0 Å². The number of hydrogen-bond acceptors (Lipinski definition) is 7. The van der Waals surface area contributed by atoms with Gasteiger partial charge in [0.2, 0.25) is 15.9 Å². The number of allylic oxidation sites excluding steroid dienone is 2. The average molecular weight is 873 g/mol. The SMILES string of the molecule is CC(C)=C(C)c1ccc2c(=O)n(-c3ccc(Cl)c4c(NS(C)(=O)=O)nn(C)c34)c([C@H](Cc3cc(F)cc(F)c3)NC(=O)Cn3nc(C(F)F)c4c3C(F)(F)[C@@H]3C[C@H]43)nc2c1. The van der Waals surface area contributed by atoms with Crippen molar-refractivity contribution in [3.8, 4) is 5.69 Å². The molecule has 20 heteroatoms. The van der Waals surface area contributed by atoms with Crippen LogP contribution in [0.15, 0.2) is 58.9 Å². The molecule has 8 rings (SSSR count). The fourth-order valence-corrected chi connectivity index (χ4v) is 8.84. The molecule has 2 aliphatic rings. The Labute approximate surface area is 342 Å². The number of hydrogen-bond donors (Lipinski definition) is 2. The number of rotatable bonds is 11. The molecule has 0 aliphatic heterocycles. The summed E-state index contributed by atoms with van der Waals surface area (Å²) >= 11 is 6.62. The second-order valence-electron chi connectivity index (χ2n) is 15.4. The predicted octanol–water partition coefficient (Wildman–Crippen LogP) is 7.83. The molecular formula is C40H35ClF6N8O4S. The molecule has 0 bridgehead atoms. The van der Waals surface area contributed by atoms with Crippen molar-refractivity contribution in [2.45, 2.75) is 64.5 Å². The number of aryl methyl sites for hydroxylation is 1. The highest BCUT2D eigenvalue weighted by Crippen LogP contribution is 2.68. The van der Waals surface area contributed by atoms with Crippen LogP contribution in [0.1, 0.15) is 79.5 Å². The molecule has 0 saturated heterocycles. The fourth-order valence-electron chi connectivity index (χ4n) is 8.10. The van der Waals surface area contributed by atoms with E-state index in [0.29, 0.717) is 16.3 Å². The summed E-state index contributed by atoms with van der Waals surface area (Å²) in [5.74, 6) is -8.90. The summed E-state index contributed by atoms with van der Waals surface area (Å²) in [4.78, 5) is 33.9.